The van der Waals surface area contributed by atoms with E-state index in [2.05, 4.69) is 25.1 Å². The fourth-order valence-corrected chi connectivity index (χ4v) is 1.75. The predicted molar refractivity (Wildman–Crippen MR) is 65.7 cm³/mol. The summed E-state index contributed by atoms with van der Waals surface area (Å²) in [6.07, 6.45) is -6.24. The highest BCUT2D eigenvalue weighted by Gasteiger charge is 2.61. The fraction of sp³-hybridized carbons (Fsp3) is 0.400. The summed E-state index contributed by atoms with van der Waals surface area (Å²) in [5, 5.41) is 16.3. The Labute approximate surface area is 146 Å². The largest absolute Gasteiger partial charge is 0.459 e. The van der Waals surface area contributed by atoms with E-state index < -0.39 is 63.9 Å². The first-order chi connectivity index (χ1) is 12.8. The van der Waals surface area contributed by atoms with Crippen LogP contribution in [0.1, 0.15) is 5.69 Å². The molecule has 0 amide bonds. The van der Waals surface area contributed by atoms with E-state index >= 15 is 0 Å². The molecule has 1 aromatic heterocycles. The Balaban J connectivity index is 2.69. The number of rotatable bonds is 6. The minimum Gasteiger partial charge on any atom is -0.417 e. The Morgan fingerprint density at radius 3 is 2.11 bits per heavy atom. The van der Waals surface area contributed by atoms with E-state index in [9.17, 15) is 49.6 Å². The monoisotopic (exact) mass is 428 g/mol. The van der Waals surface area contributed by atoms with Crippen LogP contribution >= 0.6 is 0 Å². The summed E-state index contributed by atoms with van der Waals surface area (Å²) in [5.74, 6) is -10.3. The van der Waals surface area contributed by atoms with Gasteiger partial charge in [0, 0.05) is 11.2 Å². The van der Waals surface area contributed by atoms with E-state index in [0.29, 0.717) is 0 Å². The third-order valence-corrected chi connectivity index (χ3v) is 2.80. The molecule has 0 spiro atoms. The van der Waals surface area contributed by atoms with Crippen LogP contribution < -0.4 is 10.2 Å². The second-order valence-electron chi connectivity index (χ2n) is 4.54. The predicted octanol–water partition coefficient (Wildman–Crippen LogP) is 2.71. The molecule has 0 saturated heterocycles. The summed E-state index contributed by atoms with van der Waals surface area (Å²) < 4.78 is 121. The van der Waals surface area contributed by atoms with Gasteiger partial charge in [-0.25, -0.2) is 0 Å². The van der Waals surface area contributed by atoms with Crippen LogP contribution in [0.2, 0.25) is 0 Å². The summed E-state index contributed by atoms with van der Waals surface area (Å²) in [6.45, 7) is -7.53. The topological polar surface area (TPSA) is 106 Å². The molecule has 9 nitrogen and oxygen atoms in total. The van der Waals surface area contributed by atoms with Gasteiger partial charge in [-0.1, -0.05) is 0 Å². The van der Waals surface area contributed by atoms with Crippen molar-refractivity contribution in [1.29, 1.82) is 0 Å². The molecule has 28 heavy (non-hydrogen) atoms. The smallest absolute Gasteiger partial charge is 0.417 e. The molecule has 1 aliphatic heterocycles. The number of ether oxygens (including phenoxy) is 2. The minimum atomic E-state index is -6.24. The average Bonchev–Trinajstić information content (AvgIpc) is 3.09. The molecule has 0 aromatic carbocycles. The molecule has 0 atom stereocenters. The van der Waals surface area contributed by atoms with E-state index in [0.717, 1.165) is 0 Å². The maximum atomic E-state index is 13.4. The Morgan fingerprint density at radius 1 is 1.07 bits per heavy atom. The van der Waals surface area contributed by atoms with Gasteiger partial charge in [0.2, 0.25) is 11.6 Å². The highest BCUT2D eigenvalue weighted by molar-refractivity contribution is 6.15. The van der Waals surface area contributed by atoms with Crippen molar-refractivity contribution in [3.63, 3.8) is 0 Å². The summed E-state index contributed by atoms with van der Waals surface area (Å²) in [4.78, 5) is 9.46. The maximum Gasteiger partial charge on any atom is 0.459 e. The molecular formula is C10H3F9N5O4. The van der Waals surface area contributed by atoms with Gasteiger partial charge >= 0.3 is 31.1 Å². The number of halogens is 9. The van der Waals surface area contributed by atoms with Crippen molar-refractivity contribution in [3.05, 3.63) is 27.7 Å². The standard InChI is InChI=1S/C10H3F9N5O4/c11-7(12)27-3-1-2(9(15,16)10(17,18)19)22-23(3)4-5(24(25)26)20-21-6(4)28-8(13)14/h1,7-8H. The zero-order valence-electron chi connectivity index (χ0n) is 12.5. The number of aromatic nitrogens is 2. The molecule has 2 rings (SSSR count). The number of hydrogen-bond acceptors (Lipinski definition) is 6. The maximum absolute atomic E-state index is 13.4. The number of nitrogens with zero attached hydrogens (tertiary/aromatic N) is 5. The summed E-state index contributed by atoms with van der Waals surface area (Å²) in [5.41, 5.74) is -0.903. The van der Waals surface area contributed by atoms with Crippen molar-refractivity contribution >= 4 is 11.6 Å². The van der Waals surface area contributed by atoms with Crippen LogP contribution in [0, 0.1) is 10.1 Å². The van der Waals surface area contributed by atoms with Crippen LogP contribution in [0.4, 0.5) is 39.5 Å². The molecule has 0 N–H and O–H groups in total. The van der Waals surface area contributed by atoms with Gasteiger partial charge in [-0.2, -0.15) is 49.3 Å². The summed E-state index contributed by atoms with van der Waals surface area (Å²) in [7, 11) is 0. The average molecular weight is 428 g/mol. The van der Waals surface area contributed by atoms with Crippen LogP contribution in [0.5, 0.6) is 5.88 Å². The second-order valence-corrected chi connectivity index (χ2v) is 4.54. The zero-order chi connectivity index (χ0) is 21.4. The fourth-order valence-electron chi connectivity index (χ4n) is 1.75. The SMILES string of the molecule is O=[N+]([O-])C1=C(n2nc(C(F)(F)C(F)(F)F)cc2OC(F)F)C(OC(F)F)=N[N]1. The first-order valence-electron chi connectivity index (χ1n) is 6.38. The van der Waals surface area contributed by atoms with Gasteiger partial charge in [-0.15, -0.1) is 0 Å². The Hall–Kier alpha value is -3.21. The van der Waals surface area contributed by atoms with Crippen LogP contribution in [0.25, 0.3) is 5.70 Å². The van der Waals surface area contributed by atoms with Gasteiger partial charge in [0.15, 0.2) is 0 Å². The quantitative estimate of drug-likeness (QED) is 0.394. The van der Waals surface area contributed by atoms with Crippen LogP contribution in [-0.2, 0) is 10.7 Å². The molecule has 0 bridgehead atoms. The van der Waals surface area contributed by atoms with E-state index in [1.54, 1.807) is 0 Å². The molecule has 18 heteroatoms. The molecular weight excluding hydrogens is 425 g/mol. The molecule has 2 heterocycles. The second kappa shape index (κ2) is 7.08. The normalized spacial score (nSPS) is 15.2. The molecule has 0 aliphatic carbocycles. The molecule has 0 unspecified atom stereocenters. The van der Waals surface area contributed by atoms with Gasteiger partial charge in [0.05, 0.1) is 5.43 Å². The van der Waals surface area contributed by atoms with Gasteiger partial charge in [0.1, 0.15) is 5.69 Å². The van der Waals surface area contributed by atoms with Crippen molar-refractivity contribution in [3.8, 4) is 5.88 Å². The van der Waals surface area contributed by atoms with E-state index in [1.807, 2.05) is 0 Å². The van der Waals surface area contributed by atoms with E-state index in [1.165, 1.54) is 0 Å². The zero-order valence-corrected chi connectivity index (χ0v) is 12.5. The van der Waals surface area contributed by atoms with E-state index in [4.69, 9.17) is 0 Å². The van der Waals surface area contributed by atoms with Crippen LogP contribution in [0.15, 0.2) is 17.0 Å². The summed E-state index contributed by atoms with van der Waals surface area (Å²) in [6, 6.07) is -0.317. The Bertz CT molecular complexity index is 832. The van der Waals surface area contributed by atoms with Gasteiger partial charge < -0.3 is 19.6 Å². The molecule has 155 valence electrons. The minimum absolute atomic E-state index is 0.317. The van der Waals surface area contributed by atoms with Crippen molar-refractivity contribution in [2.45, 2.75) is 25.3 Å². The molecule has 0 saturated carbocycles. The third-order valence-electron chi connectivity index (χ3n) is 2.80. The van der Waals surface area contributed by atoms with E-state index in [-0.39, 0.29) is 6.07 Å². The molecule has 0 fully saturated rings. The first-order valence-corrected chi connectivity index (χ1v) is 6.38. The Kier molecular flexibility index (Phi) is 5.33. The van der Waals surface area contributed by atoms with Crippen molar-refractivity contribution < 1.29 is 53.9 Å². The number of nitro groups is 1. The lowest BCUT2D eigenvalue weighted by molar-refractivity contribution is -0.430. The van der Waals surface area contributed by atoms with Crippen molar-refractivity contribution in [2.24, 2.45) is 5.10 Å². The number of alkyl halides is 9. The van der Waals surface area contributed by atoms with Crippen LogP contribution in [-0.4, -0.2) is 40.0 Å². The van der Waals surface area contributed by atoms with Gasteiger partial charge in [0.25, 0.3) is 5.90 Å². The first kappa shape index (κ1) is 21.1. The highest BCUT2D eigenvalue weighted by Crippen LogP contribution is 2.44. The van der Waals surface area contributed by atoms with Crippen molar-refractivity contribution in [2.75, 3.05) is 0 Å². The number of hydrogen-bond donors (Lipinski definition) is 0. The lowest BCUT2D eigenvalue weighted by atomic mass is 10.2. The molecule has 1 aromatic rings. The van der Waals surface area contributed by atoms with Gasteiger partial charge in [-0.3, -0.25) is 0 Å². The lowest BCUT2D eigenvalue weighted by Gasteiger charge is -2.16. The lowest BCUT2D eigenvalue weighted by Crippen LogP contribution is -2.34. The Morgan fingerprint density at radius 2 is 1.64 bits per heavy atom. The van der Waals surface area contributed by atoms with Gasteiger partial charge in [-0.05, 0) is 4.92 Å². The van der Waals surface area contributed by atoms with Crippen molar-refractivity contribution in [1.82, 2.24) is 15.2 Å². The molecule has 1 radical (unpaired) electrons. The highest BCUT2D eigenvalue weighted by atomic mass is 19.4. The molecule has 1 aliphatic rings. The third kappa shape index (κ3) is 3.88. The summed E-state index contributed by atoms with van der Waals surface area (Å²) >= 11 is 0. The van der Waals surface area contributed by atoms with Crippen LogP contribution in [0.3, 0.4) is 0 Å².